The van der Waals surface area contributed by atoms with E-state index in [4.69, 9.17) is 11.6 Å². The molecule has 2 aromatic rings. The smallest absolute Gasteiger partial charge is 0.123 e. The number of hydrogen-bond acceptors (Lipinski definition) is 2. The largest absolute Gasteiger partial charge is 0.241 e. The maximum absolute atomic E-state index is 6.08. The highest BCUT2D eigenvalue weighted by Crippen LogP contribution is 2.27. The second-order valence-electron chi connectivity index (χ2n) is 3.46. The fourth-order valence-corrected chi connectivity index (χ4v) is 2.41. The van der Waals surface area contributed by atoms with Gasteiger partial charge in [0.25, 0.3) is 0 Å². The van der Waals surface area contributed by atoms with E-state index in [1.54, 1.807) is 11.3 Å². The number of halogens is 1. The SMILES string of the molecule is CCc1csc(-c2ccc(C)c(Cl)c2)n1. The molecule has 78 valence electrons. The third kappa shape index (κ3) is 2.21. The summed E-state index contributed by atoms with van der Waals surface area (Å²) in [4.78, 5) is 4.53. The van der Waals surface area contributed by atoms with Crippen LogP contribution in [0.3, 0.4) is 0 Å². The topological polar surface area (TPSA) is 12.9 Å². The molecule has 15 heavy (non-hydrogen) atoms. The van der Waals surface area contributed by atoms with E-state index in [0.29, 0.717) is 0 Å². The van der Waals surface area contributed by atoms with Crippen molar-refractivity contribution < 1.29 is 0 Å². The maximum atomic E-state index is 6.08. The molecule has 0 aliphatic carbocycles. The van der Waals surface area contributed by atoms with Crippen molar-refractivity contribution in [2.75, 3.05) is 0 Å². The molecule has 1 aromatic carbocycles. The van der Waals surface area contributed by atoms with E-state index in [1.807, 2.05) is 19.1 Å². The molecule has 0 N–H and O–H groups in total. The molecule has 0 fully saturated rings. The molecule has 1 nitrogen and oxygen atoms in total. The average molecular weight is 238 g/mol. The number of aromatic nitrogens is 1. The standard InChI is InChI=1S/C12H12ClNS/c1-3-10-7-15-12(14-10)9-5-4-8(2)11(13)6-9/h4-7H,3H2,1-2H3. The summed E-state index contributed by atoms with van der Waals surface area (Å²) >= 11 is 7.75. The number of hydrogen-bond donors (Lipinski definition) is 0. The Balaban J connectivity index is 2.40. The van der Waals surface area contributed by atoms with Crippen molar-refractivity contribution in [2.24, 2.45) is 0 Å². The summed E-state index contributed by atoms with van der Waals surface area (Å²) < 4.78 is 0. The third-order valence-corrected chi connectivity index (χ3v) is 3.68. The molecule has 0 radical (unpaired) electrons. The highest BCUT2D eigenvalue weighted by atomic mass is 35.5. The second-order valence-corrected chi connectivity index (χ2v) is 4.73. The molecule has 1 aromatic heterocycles. The van der Waals surface area contributed by atoms with Gasteiger partial charge in [-0.15, -0.1) is 11.3 Å². The van der Waals surface area contributed by atoms with Crippen molar-refractivity contribution in [3.8, 4) is 10.6 Å². The molecule has 0 aliphatic rings. The van der Waals surface area contributed by atoms with E-state index >= 15 is 0 Å². The van der Waals surface area contributed by atoms with Gasteiger partial charge in [0.2, 0.25) is 0 Å². The number of rotatable bonds is 2. The van der Waals surface area contributed by atoms with Crippen LogP contribution in [0.4, 0.5) is 0 Å². The average Bonchev–Trinajstić information content (AvgIpc) is 2.70. The minimum absolute atomic E-state index is 0.806. The van der Waals surface area contributed by atoms with Crippen LogP contribution in [0.5, 0.6) is 0 Å². The Morgan fingerprint density at radius 3 is 2.80 bits per heavy atom. The van der Waals surface area contributed by atoms with Gasteiger partial charge in [-0.25, -0.2) is 4.98 Å². The van der Waals surface area contributed by atoms with E-state index in [9.17, 15) is 0 Å². The van der Waals surface area contributed by atoms with Gasteiger partial charge in [-0.1, -0.05) is 30.7 Å². The summed E-state index contributed by atoms with van der Waals surface area (Å²) in [7, 11) is 0. The van der Waals surface area contributed by atoms with Crippen LogP contribution in [0.25, 0.3) is 10.6 Å². The molecule has 0 bridgehead atoms. The highest BCUT2D eigenvalue weighted by Gasteiger charge is 2.05. The summed E-state index contributed by atoms with van der Waals surface area (Å²) in [5.74, 6) is 0. The van der Waals surface area contributed by atoms with E-state index < -0.39 is 0 Å². The molecule has 0 aliphatic heterocycles. The summed E-state index contributed by atoms with van der Waals surface area (Å²) in [6.45, 7) is 4.12. The first-order chi connectivity index (χ1) is 7.20. The normalized spacial score (nSPS) is 10.6. The quantitative estimate of drug-likeness (QED) is 0.758. The van der Waals surface area contributed by atoms with Crippen molar-refractivity contribution in [2.45, 2.75) is 20.3 Å². The molecule has 0 unspecified atom stereocenters. The van der Waals surface area contributed by atoms with Gasteiger partial charge >= 0.3 is 0 Å². The Hall–Kier alpha value is -0.860. The first-order valence-electron chi connectivity index (χ1n) is 4.91. The monoisotopic (exact) mass is 237 g/mol. The Morgan fingerprint density at radius 1 is 1.40 bits per heavy atom. The zero-order valence-electron chi connectivity index (χ0n) is 8.75. The summed E-state index contributed by atoms with van der Waals surface area (Å²) in [5.41, 5.74) is 3.36. The molecular formula is C12H12ClNS. The van der Waals surface area contributed by atoms with Crippen LogP contribution >= 0.6 is 22.9 Å². The molecule has 0 amide bonds. The lowest BCUT2D eigenvalue weighted by atomic mass is 10.1. The van der Waals surface area contributed by atoms with Gasteiger partial charge in [-0.05, 0) is 25.0 Å². The highest BCUT2D eigenvalue weighted by molar-refractivity contribution is 7.13. The van der Waals surface area contributed by atoms with Gasteiger partial charge in [0.1, 0.15) is 5.01 Å². The van der Waals surface area contributed by atoms with Gasteiger partial charge in [0, 0.05) is 16.0 Å². The van der Waals surface area contributed by atoms with Crippen molar-refractivity contribution in [1.29, 1.82) is 0 Å². The van der Waals surface area contributed by atoms with Crippen LogP contribution in [0.15, 0.2) is 23.6 Å². The maximum Gasteiger partial charge on any atom is 0.123 e. The number of aryl methyl sites for hydroxylation is 2. The first-order valence-corrected chi connectivity index (χ1v) is 6.17. The zero-order valence-corrected chi connectivity index (χ0v) is 10.3. The molecule has 1 heterocycles. The van der Waals surface area contributed by atoms with Gasteiger partial charge in [0.15, 0.2) is 0 Å². The molecule has 0 saturated carbocycles. The molecule has 0 spiro atoms. The lowest BCUT2D eigenvalue weighted by molar-refractivity contribution is 1.07. The van der Waals surface area contributed by atoms with Crippen LogP contribution < -0.4 is 0 Å². The van der Waals surface area contributed by atoms with Crippen LogP contribution in [0, 0.1) is 6.92 Å². The summed E-state index contributed by atoms with van der Waals surface area (Å²) in [5, 5.41) is 3.96. The Kier molecular flexibility index (Phi) is 3.08. The number of nitrogens with zero attached hydrogens (tertiary/aromatic N) is 1. The van der Waals surface area contributed by atoms with E-state index in [1.165, 1.54) is 0 Å². The van der Waals surface area contributed by atoms with Gasteiger partial charge < -0.3 is 0 Å². The Labute approximate surface area is 98.7 Å². The lowest BCUT2D eigenvalue weighted by Crippen LogP contribution is -1.82. The fourth-order valence-electron chi connectivity index (χ4n) is 1.33. The predicted molar refractivity (Wildman–Crippen MR) is 66.7 cm³/mol. The predicted octanol–water partition coefficient (Wildman–Crippen LogP) is 4.33. The first kappa shape index (κ1) is 10.7. The van der Waals surface area contributed by atoms with Gasteiger partial charge in [0.05, 0.1) is 5.69 Å². The van der Waals surface area contributed by atoms with Crippen molar-refractivity contribution in [3.05, 3.63) is 39.9 Å². The molecule has 0 saturated heterocycles. The molecule has 3 heteroatoms. The fraction of sp³-hybridized carbons (Fsp3) is 0.250. The van der Waals surface area contributed by atoms with Crippen molar-refractivity contribution >= 4 is 22.9 Å². The van der Waals surface area contributed by atoms with Crippen molar-refractivity contribution in [3.63, 3.8) is 0 Å². The van der Waals surface area contributed by atoms with Gasteiger partial charge in [-0.3, -0.25) is 0 Å². The van der Waals surface area contributed by atoms with Crippen LogP contribution in [-0.4, -0.2) is 4.98 Å². The second kappa shape index (κ2) is 4.33. The van der Waals surface area contributed by atoms with Crippen LogP contribution in [0.1, 0.15) is 18.2 Å². The summed E-state index contributed by atoms with van der Waals surface area (Å²) in [6.07, 6.45) is 0.982. The number of benzene rings is 1. The van der Waals surface area contributed by atoms with E-state index in [-0.39, 0.29) is 0 Å². The third-order valence-electron chi connectivity index (χ3n) is 2.33. The zero-order chi connectivity index (χ0) is 10.8. The summed E-state index contributed by atoms with van der Waals surface area (Å²) in [6, 6.07) is 6.08. The molecule has 0 atom stereocenters. The Bertz CT molecular complexity index is 476. The van der Waals surface area contributed by atoms with E-state index in [2.05, 4.69) is 23.4 Å². The lowest BCUT2D eigenvalue weighted by Gasteiger charge is -2.00. The van der Waals surface area contributed by atoms with Gasteiger partial charge in [-0.2, -0.15) is 0 Å². The van der Waals surface area contributed by atoms with E-state index in [0.717, 1.165) is 33.3 Å². The minimum Gasteiger partial charge on any atom is -0.241 e. The Morgan fingerprint density at radius 2 is 2.20 bits per heavy atom. The number of thiazole rings is 1. The van der Waals surface area contributed by atoms with Crippen molar-refractivity contribution in [1.82, 2.24) is 4.98 Å². The van der Waals surface area contributed by atoms with Crippen LogP contribution in [0.2, 0.25) is 5.02 Å². The molecular weight excluding hydrogens is 226 g/mol. The molecule has 2 rings (SSSR count). The van der Waals surface area contributed by atoms with Crippen LogP contribution in [-0.2, 0) is 6.42 Å². The minimum atomic E-state index is 0.806.